The van der Waals surface area contributed by atoms with Crippen LogP contribution in [0.1, 0.15) is 0 Å². The monoisotopic (exact) mass is 401 g/mol. The Labute approximate surface area is 150 Å². The Kier molecular flexibility index (Phi) is 5.83. The van der Waals surface area contributed by atoms with Gasteiger partial charge in [0.15, 0.2) is 0 Å². The largest absolute Gasteiger partial charge is 0.260 e. The van der Waals surface area contributed by atoms with Gasteiger partial charge in [-0.15, -0.1) is 5.11 Å². The minimum atomic E-state index is 0.265. The third kappa shape index (κ3) is 4.28. The molecule has 0 bridgehead atoms. The maximum absolute atomic E-state index is 5.90. The summed E-state index contributed by atoms with van der Waals surface area (Å²) in [6.07, 6.45) is 0. The average Bonchev–Trinajstić information content (AvgIpc) is 2.42. The van der Waals surface area contributed by atoms with Crippen LogP contribution in [-0.4, -0.2) is 0 Å². The molecule has 0 aromatic heterocycles. The first-order valence-corrected chi connectivity index (χ1v) is 7.61. The van der Waals surface area contributed by atoms with E-state index in [1.807, 2.05) is 0 Å². The Morgan fingerprint density at radius 3 is 1.57 bits per heavy atom. The highest BCUT2D eigenvalue weighted by atomic mass is 35.5. The van der Waals surface area contributed by atoms with Crippen molar-refractivity contribution < 1.29 is 0 Å². The van der Waals surface area contributed by atoms with E-state index in [2.05, 4.69) is 15.8 Å². The second kappa shape index (κ2) is 7.23. The summed E-state index contributed by atoms with van der Waals surface area (Å²) in [5.74, 6) is 0. The zero-order chi connectivity index (χ0) is 15.6. The molecule has 3 nitrogen and oxygen atoms in total. The minimum Gasteiger partial charge on any atom is -0.260 e. The first-order valence-electron chi connectivity index (χ1n) is 5.34. The average molecular weight is 404 g/mol. The quantitative estimate of drug-likeness (QED) is 0.318. The number of hydrogen-bond donors (Lipinski definition) is 1. The molecule has 1 N–H and O–H groups in total. The molecule has 0 aliphatic heterocycles. The third-order valence-electron chi connectivity index (χ3n) is 2.30. The number of halogens is 6. The molecule has 0 unspecified atom stereocenters. The summed E-state index contributed by atoms with van der Waals surface area (Å²) in [5.41, 5.74) is 3.64. The van der Waals surface area contributed by atoms with E-state index in [9.17, 15) is 0 Å². The summed E-state index contributed by atoms with van der Waals surface area (Å²) >= 11 is 35.2. The fourth-order valence-corrected chi connectivity index (χ4v) is 2.54. The van der Waals surface area contributed by atoms with E-state index in [0.29, 0.717) is 21.4 Å². The molecule has 0 fully saturated rings. The number of nitrogens with zero attached hydrogens (tertiary/aromatic N) is 2. The van der Waals surface area contributed by atoms with Crippen molar-refractivity contribution in [3.8, 4) is 0 Å². The number of rotatable bonds is 3. The van der Waals surface area contributed by atoms with Crippen molar-refractivity contribution in [2.45, 2.75) is 0 Å². The minimum absolute atomic E-state index is 0.265. The first-order chi connectivity index (χ1) is 9.88. The van der Waals surface area contributed by atoms with E-state index in [0.717, 1.165) is 0 Å². The van der Waals surface area contributed by atoms with Crippen LogP contribution in [-0.2, 0) is 0 Å². The van der Waals surface area contributed by atoms with Gasteiger partial charge in [0.05, 0.1) is 41.5 Å². The molecule has 0 atom stereocenters. The molecule has 0 aliphatic rings. The van der Waals surface area contributed by atoms with Crippen molar-refractivity contribution >= 4 is 81.0 Å². The van der Waals surface area contributed by atoms with E-state index in [1.165, 1.54) is 12.1 Å². The van der Waals surface area contributed by atoms with Gasteiger partial charge in [-0.3, -0.25) is 5.43 Å². The molecule has 2 rings (SSSR count). The molecule has 0 radical (unpaired) electrons. The summed E-state index contributed by atoms with van der Waals surface area (Å²) in [4.78, 5) is 0. The number of nitrogens with one attached hydrogen (secondary N) is 1. The van der Waals surface area contributed by atoms with Gasteiger partial charge in [-0.05, 0) is 24.3 Å². The van der Waals surface area contributed by atoms with Crippen LogP contribution in [0.3, 0.4) is 0 Å². The summed E-state index contributed by atoms with van der Waals surface area (Å²) in [7, 11) is 0. The first kappa shape index (κ1) is 16.9. The lowest BCUT2D eigenvalue weighted by molar-refractivity contribution is 1.13. The van der Waals surface area contributed by atoms with Gasteiger partial charge in [-0.25, -0.2) is 0 Å². The maximum atomic E-state index is 5.90. The van der Waals surface area contributed by atoms with E-state index >= 15 is 0 Å². The number of anilines is 1. The SMILES string of the molecule is Clc1cc(N=NNc2cc(Cl)c(Cl)c(Cl)c2)cc(Cl)c1Cl. The Bertz CT molecular complexity index is 670. The Morgan fingerprint density at radius 2 is 1.10 bits per heavy atom. The van der Waals surface area contributed by atoms with Crippen molar-refractivity contribution in [3.63, 3.8) is 0 Å². The molecule has 0 amide bonds. The summed E-state index contributed by atoms with van der Waals surface area (Å²) in [6, 6.07) is 6.19. The normalized spacial score (nSPS) is 11.1. The van der Waals surface area contributed by atoms with Crippen molar-refractivity contribution in [3.05, 3.63) is 54.4 Å². The van der Waals surface area contributed by atoms with Crippen LogP contribution in [0.25, 0.3) is 0 Å². The zero-order valence-electron chi connectivity index (χ0n) is 9.97. The second-order valence-corrected chi connectivity index (χ2v) is 6.17. The smallest absolute Gasteiger partial charge is 0.0905 e. The zero-order valence-corrected chi connectivity index (χ0v) is 14.5. The highest BCUT2D eigenvalue weighted by molar-refractivity contribution is 6.48. The van der Waals surface area contributed by atoms with Gasteiger partial charge in [-0.1, -0.05) is 74.8 Å². The lowest BCUT2D eigenvalue weighted by Crippen LogP contribution is -1.87. The van der Waals surface area contributed by atoms with E-state index in [-0.39, 0.29) is 20.1 Å². The molecule has 0 saturated heterocycles. The summed E-state index contributed by atoms with van der Waals surface area (Å²) in [5, 5.41) is 9.43. The van der Waals surface area contributed by atoms with Crippen molar-refractivity contribution in [1.29, 1.82) is 0 Å². The van der Waals surface area contributed by atoms with Crippen molar-refractivity contribution in [1.82, 2.24) is 0 Å². The lowest BCUT2D eigenvalue weighted by Gasteiger charge is -2.04. The van der Waals surface area contributed by atoms with Gasteiger partial charge in [0.2, 0.25) is 0 Å². The van der Waals surface area contributed by atoms with Crippen molar-refractivity contribution in [2.75, 3.05) is 5.43 Å². The Morgan fingerprint density at radius 1 is 0.667 bits per heavy atom. The molecule has 2 aromatic carbocycles. The van der Waals surface area contributed by atoms with E-state index < -0.39 is 0 Å². The Hall–Kier alpha value is -0.420. The molecule has 0 saturated carbocycles. The van der Waals surface area contributed by atoms with Gasteiger partial charge < -0.3 is 0 Å². The summed E-state index contributed by atoms with van der Waals surface area (Å²) in [6.45, 7) is 0. The number of benzene rings is 2. The van der Waals surface area contributed by atoms with Crippen molar-refractivity contribution in [2.24, 2.45) is 10.3 Å². The fraction of sp³-hybridized carbons (Fsp3) is 0. The molecule has 0 heterocycles. The fourth-order valence-electron chi connectivity index (χ4n) is 1.36. The van der Waals surface area contributed by atoms with E-state index in [1.54, 1.807) is 12.1 Å². The van der Waals surface area contributed by atoms with Crippen LogP contribution in [0.5, 0.6) is 0 Å². The van der Waals surface area contributed by atoms with Crippen LogP contribution in [0.15, 0.2) is 34.6 Å². The molecule has 0 aliphatic carbocycles. The van der Waals surface area contributed by atoms with Crippen LogP contribution < -0.4 is 5.43 Å². The molecule has 9 heteroatoms. The number of hydrogen-bond acceptors (Lipinski definition) is 2. The molecule has 0 spiro atoms. The molecule has 2 aromatic rings. The third-order valence-corrected chi connectivity index (χ3v) is 4.69. The van der Waals surface area contributed by atoms with Gasteiger partial charge in [-0.2, -0.15) is 0 Å². The van der Waals surface area contributed by atoms with Crippen LogP contribution in [0.2, 0.25) is 30.1 Å². The maximum Gasteiger partial charge on any atom is 0.0905 e. The van der Waals surface area contributed by atoms with Gasteiger partial charge >= 0.3 is 0 Å². The predicted octanol–water partition coefficient (Wildman–Crippen LogP) is 7.72. The topological polar surface area (TPSA) is 36.8 Å². The lowest BCUT2D eigenvalue weighted by atomic mass is 10.3. The molecular formula is C12H5Cl6N3. The van der Waals surface area contributed by atoms with Crippen LogP contribution >= 0.6 is 69.6 Å². The molecule has 21 heavy (non-hydrogen) atoms. The molecule has 110 valence electrons. The standard InChI is InChI=1S/C12H5Cl6N3/c13-7-1-5(2-8(14)11(7)17)19-21-20-6-3-9(15)12(18)10(16)4-6/h1-4H,(H,19,20). The van der Waals surface area contributed by atoms with Gasteiger partial charge in [0.1, 0.15) is 0 Å². The van der Waals surface area contributed by atoms with Crippen LogP contribution in [0, 0.1) is 0 Å². The summed E-state index contributed by atoms with van der Waals surface area (Å²) < 4.78 is 0. The van der Waals surface area contributed by atoms with Gasteiger partial charge in [0, 0.05) is 0 Å². The van der Waals surface area contributed by atoms with E-state index in [4.69, 9.17) is 69.6 Å². The molecular weight excluding hydrogens is 399 g/mol. The highest BCUT2D eigenvalue weighted by Crippen LogP contribution is 2.35. The predicted molar refractivity (Wildman–Crippen MR) is 91.1 cm³/mol. The van der Waals surface area contributed by atoms with Gasteiger partial charge in [0.25, 0.3) is 0 Å². The Balaban J connectivity index is 2.16. The highest BCUT2D eigenvalue weighted by Gasteiger charge is 2.06. The second-order valence-electron chi connectivity index (χ2n) is 3.79. The van der Waals surface area contributed by atoms with Crippen LogP contribution in [0.4, 0.5) is 11.4 Å².